The van der Waals surface area contributed by atoms with E-state index in [1.165, 1.54) is 22.6 Å². The number of benzene rings is 2. The quantitative estimate of drug-likeness (QED) is 0.672. The third-order valence-electron chi connectivity index (χ3n) is 3.78. The predicted octanol–water partition coefficient (Wildman–Crippen LogP) is 4.97. The van der Waals surface area contributed by atoms with Crippen LogP contribution in [0, 0.1) is 17.0 Å². The van der Waals surface area contributed by atoms with Gasteiger partial charge in [0.05, 0.1) is 5.69 Å². The maximum atomic E-state index is 14.2. The molecule has 0 aliphatic rings. The zero-order chi connectivity index (χ0) is 17.7. The van der Waals surface area contributed by atoms with Gasteiger partial charge >= 0.3 is 0 Å². The van der Waals surface area contributed by atoms with E-state index in [0.29, 0.717) is 13.0 Å². The molecule has 2 rings (SSSR count). The second-order valence-corrected chi connectivity index (χ2v) is 6.89. The van der Waals surface area contributed by atoms with Gasteiger partial charge in [-0.2, -0.15) is 0 Å². The van der Waals surface area contributed by atoms with E-state index >= 15 is 0 Å². The maximum absolute atomic E-state index is 14.2. The van der Waals surface area contributed by atoms with Gasteiger partial charge in [0.25, 0.3) is 0 Å². The van der Waals surface area contributed by atoms with Gasteiger partial charge < -0.3 is 4.90 Å². The Morgan fingerprint density at radius 2 is 1.68 bits per heavy atom. The molecule has 2 aromatic carbocycles. The van der Waals surface area contributed by atoms with Gasteiger partial charge in [-0.15, -0.1) is 0 Å². The van der Waals surface area contributed by atoms with Crippen molar-refractivity contribution < 1.29 is 35.3 Å². The molecule has 2 aromatic rings. The molecule has 0 N–H and O–H groups in total. The molecule has 0 saturated heterocycles. The summed E-state index contributed by atoms with van der Waals surface area (Å²) in [5, 5.41) is 0. The van der Waals surface area contributed by atoms with Crippen LogP contribution in [0.25, 0.3) is 0 Å². The second-order valence-electron chi connectivity index (χ2n) is 6.89. The Hall–Kier alpha value is -1.52. The second kappa shape index (κ2) is 9.26. The van der Waals surface area contributed by atoms with Crippen molar-refractivity contribution in [3.05, 3.63) is 65.7 Å². The average molecular weight is 379 g/mol. The van der Waals surface area contributed by atoms with Gasteiger partial charge in [0.15, 0.2) is 0 Å². The van der Waals surface area contributed by atoms with Gasteiger partial charge in [-0.05, 0) is 30.5 Å². The van der Waals surface area contributed by atoms with Crippen LogP contribution in [-0.2, 0) is 32.9 Å². The van der Waals surface area contributed by atoms with Gasteiger partial charge in [-0.3, -0.25) is 4.79 Å². The fourth-order valence-corrected chi connectivity index (χ4v) is 2.52. The summed E-state index contributed by atoms with van der Waals surface area (Å²) in [7, 11) is 0. The molecule has 0 spiro atoms. The van der Waals surface area contributed by atoms with Crippen molar-refractivity contribution in [2.24, 2.45) is 5.41 Å². The van der Waals surface area contributed by atoms with E-state index in [1.807, 2.05) is 30.3 Å². The van der Waals surface area contributed by atoms with Crippen molar-refractivity contribution in [3.8, 4) is 0 Å². The first-order chi connectivity index (χ1) is 11.3. The smallest absolute Gasteiger partial charge is 0.232 e. The summed E-state index contributed by atoms with van der Waals surface area (Å²) in [6.07, 6.45) is 1.49. The van der Waals surface area contributed by atoms with Gasteiger partial charge in [-0.1, -0.05) is 51.1 Å². The Bertz CT molecular complexity index is 699. The number of carbonyl (C=O) groups is 1. The van der Waals surface area contributed by atoms with Crippen molar-refractivity contribution in [1.82, 2.24) is 0 Å². The van der Waals surface area contributed by atoms with Crippen LogP contribution in [0.3, 0.4) is 0 Å². The minimum atomic E-state index is -0.715. The SMILES string of the molecule is CC(C)(C)C(=O)N(CCCc1ccccc1)c1ccc(F)cc1F.[Ti]. The number of hydrogen-bond donors (Lipinski definition) is 0. The minimum absolute atomic E-state index is 0. The van der Waals surface area contributed by atoms with Gasteiger partial charge in [0, 0.05) is 39.7 Å². The Labute approximate surface area is 163 Å². The molecule has 2 nitrogen and oxygen atoms in total. The topological polar surface area (TPSA) is 20.3 Å². The van der Waals surface area contributed by atoms with Crippen LogP contribution in [0.4, 0.5) is 14.5 Å². The molecule has 0 atom stereocenters. The fraction of sp³-hybridized carbons (Fsp3) is 0.350. The molecule has 0 fully saturated rings. The molecule has 132 valence electrons. The van der Waals surface area contributed by atoms with E-state index in [4.69, 9.17) is 0 Å². The standard InChI is InChI=1S/C20H23F2NO.Ti/c1-20(2,3)19(24)23(18-12-11-16(21)14-17(18)22)13-7-10-15-8-5-4-6-9-15;/h4-6,8-9,11-12,14H,7,10,13H2,1-3H3;. The van der Waals surface area contributed by atoms with Crippen molar-refractivity contribution in [1.29, 1.82) is 0 Å². The van der Waals surface area contributed by atoms with Crippen molar-refractivity contribution >= 4 is 11.6 Å². The molecule has 0 radical (unpaired) electrons. The summed E-state index contributed by atoms with van der Waals surface area (Å²) in [6.45, 7) is 5.76. The summed E-state index contributed by atoms with van der Waals surface area (Å²) in [5.74, 6) is -1.54. The van der Waals surface area contributed by atoms with E-state index in [1.54, 1.807) is 20.8 Å². The van der Waals surface area contributed by atoms with Gasteiger partial charge in [-0.25, -0.2) is 8.78 Å². The van der Waals surface area contributed by atoms with Crippen LogP contribution in [0.1, 0.15) is 32.8 Å². The van der Waals surface area contributed by atoms with E-state index in [0.717, 1.165) is 12.5 Å². The van der Waals surface area contributed by atoms with Crippen molar-refractivity contribution in [3.63, 3.8) is 0 Å². The minimum Gasteiger partial charge on any atom is -0.309 e. The van der Waals surface area contributed by atoms with Crippen LogP contribution >= 0.6 is 0 Å². The first-order valence-corrected chi connectivity index (χ1v) is 8.10. The summed E-state index contributed by atoms with van der Waals surface area (Å²) in [4.78, 5) is 14.1. The Morgan fingerprint density at radius 3 is 2.24 bits per heavy atom. The average Bonchev–Trinajstić information content (AvgIpc) is 2.52. The summed E-state index contributed by atoms with van der Waals surface area (Å²) < 4.78 is 27.3. The number of aryl methyl sites for hydroxylation is 1. The number of hydrogen-bond acceptors (Lipinski definition) is 1. The largest absolute Gasteiger partial charge is 0.309 e. The van der Waals surface area contributed by atoms with E-state index in [-0.39, 0.29) is 33.3 Å². The van der Waals surface area contributed by atoms with Crippen LogP contribution in [0.15, 0.2) is 48.5 Å². The molecule has 0 saturated carbocycles. The van der Waals surface area contributed by atoms with Gasteiger partial charge in [0.2, 0.25) is 5.91 Å². The Morgan fingerprint density at radius 1 is 1.04 bits per heavy atom. The number of halogens is 2. The molecule has 0 aliphatic carbocycles. The normalized spacial score (nSPS) is 10.9. The van der Waals surface area contributed by atoms with Crippen LogP contribution in [0.5, 0.6) is 0 Å². The zero-order valence-corrected chi connectivity index (χ0v) is 16.4. The monoisotopic (exact) mass is 379 g/mol. The fourth-order valence-electron chi connectivity index (χ4n) is 2.52. The Kier molecular flexibility index (Phi) is 7.97. The van der Waals surface area contributed by atoms with Crippen molar-refractivity contribution in [2.75, 3.05) is 11.4 Å². The van der Waals surface area contributed by atoms with Gasteiger partial charge in [0.1, 0.15) is 11.6 Å². The molecule has 0 bridgehead atoms. The number of rotatable bonds is 5. The van der Waals surface area contributed by atoms with E-state index in [9.17, 15) is 13.6 Å². The molecular weight excluding hydrogens is 356 g/mol. The summed E-state index contributed by atoms with van der Waals surface area (Å²) in [5.41, 5.74) is 0.651. The zero-order valence-electron chi connectivity index (χ0n) is 14.9. The molecule has 0 aliphatic heterocycles. The number of amides is 1. The summed E-state index contributed by atoms with van der Waals surface area (Å²) in [6, 6.07) is 13.3. The molecule has 0 aromatic heterocycles. The van der Waals surface area contributed by atoms with Crippen LogP contribution in [-0.4, -0.2) is 12.5 Å². The van der Waals surface area contributed by atoms with Crippen LogP contribution in [0.2, 0.25) is 0 Å². The first-order valence-electron chi connectivity index (χ1n) is 8.10. The predicted molar refractivity (Wildman–Crippen MR) is 92.9 cm³/mol. The molecule has 0 heterocycles. The Balaban J connectivity index is 0.00000312. The number of nitrogens with zero attached hydrogens (tertiary/aromatic N) is 1. The molecule has 5 heteroatoms. The van der Waals surface area contributed by atoms with Crippen LogP contribution < -0.4 is 4.90 Å². The molecule has 0 unspecified atom stereocenters. The number of anilines is 1. The number of carbonyl (C=O) groups excluding carboxylic acids is 1. The molecule has 25 heavy (non-hydrogen) atoms. The van der Waals surface area contributed by atoms with E-state index in [2.05, 4.69) is 0 Å². The third-order valence-corrected chi connectivity index (χ3v) is 3.78. The molecular formula is C20H23F2NOTi. The molecule has 1 amide bonds. The first kappa shape index (κ1) is 21.5. The van der Waals surface area contributed by atoms with E-state index < -0.39 is 17.0 Å². The maximum Gasteiger partial charge on any atom is 0.232 e. The van der Waals surface area contributed by atoms with Crippen molar-refractivity contribution in [2.45, 2.75) is 33.6 Å². The third kappa shape index (κ3) is 6.05. The summed E-state index contributed by atoms with van der Waals surface area (Å²) >= 11 is 0.